The van der Waals surface area contributed by atoms with Crippen molar-refractivity contribution in [2.75, 3.05) is 0 Å². The smallest absolute Gasteiger partial charge is 0.150 e. The molecule has 4 heteroatoms. The lowest BCUT2D eigenvalue weighted by molar-refractivity contribution is -0.116. The van der Waals surface area contributed by atoms with Gasteiger partial charge in [-0.15, -0.1) is 0 Å². The van der Waals surface area contributed by atoms with Crippen LogP contribution in [-0.2, 0) is 4.79 Å². The summed E-state index contributed by atoms with van der Waals surface area (Å²) in [6, 6.07) is 4.76. The normalized spacial score (nSPS) is 11.9. The van der Waals surface area contributed by atoms with E-state index in [0.29, 0.717) is 29.3 Å². The molecule has 1 unspecified atom stereocenters. The molecule has 0 saturated heterocycles. The number of hydrogen-bond donors (Lipinski definition) is 0. The summed E-state index contributed by atoms with van der Waals surface area (Å²) in [5.74, 6) is -0.146. The Kier molecular flexibility index (Phi) is 3.91. The third-order valence-electron chi connectivity index (χ3n) is 2.04. The molecule has 0 aromatic heterocycles. The van der Waals surface area contributed by atoms with Gasteiger partial charge in [0.2, 0.25) is 0 Å². The minimum absolute atomic E-state index is 0.146. The Hall–Kier alpha value is -1.29. The van der Waals surface area contributed by atoms with E-state index < -0.39 is 4.83 Å². The maximum atomic E-state index is 11.2. The van der Waals surface area contributed by atoms with Gasteiger partial charge in [0.1, 0.15) is 18.4 Å². The largest absolute Gasteiger partial charge is 0.298 e. The molecule has 15 heavy (non-hydrogen) atoms. The molecule has 0 N–H and O–H groups in total. The highest BCUT2D eigenvalue weighted by atomic mass is 79.9. The highest BCUT2D eigenvalue weighted by Gasteiger charge is 2.19. The first-order valence-corrected chi connectivity index (χ1v) is 5.21. The third-order valence-corrected chi connectivity index (χ3v) is 3.14. The van der Waals surface area contributed by atoms with Crippen molar-refractivity contribution in [1.29, 1.82) is 0 Å². The van der Waals surface area contributed by atoms with Crippen molar-refractivity contribution in [3.05, 3.63) is 34.9 Å². The molecule has 0 spiro atoms. The van der Waals surface area contributed by atoms with E-state index in [1.807, 2.05) is 0 Å². The predicted octanol–water partition coefficient (Wildman–Crippen LogP) is 2.34. The second kappa shape index (κ2) is 4.98. The quantitative estimate of drug-likeness (QED) is 0.622. The van der Waals surface area contributed by atoms with E-state index in [9.17, 15) is 14.4 Å². The minimum atomic E-state index is -0.612. The van der Waals surface area contributed by atoms with Gasteiger partial charge in [0, 0.05) is 11.1 Å². The Morgan fingerprint density at radius 1 is 1.27 bits per heavy atom. The summed E-state index contributed by atoms with van der Waals surface area (Å²) < 4.78 is 0. The molecular weight excluding hydrogens is 260 g/mol. The molecule has 0 radical (unpaired) electrons. The van der Waals surface area contributed by atoms with Crippen LogP contribution in [0.4, 0.5) is 0 Å². The molecule has 0 aliphatic carbocycles. The molecule has 0 fully saturated rings. The van der Waals surface area contributed by atoms with Gasteiger partial charge in [-0.2, -0.15) is 0 Å². The lowest BCUT2D eigenvalue weighted by Crippen LogP contribution is -2.07. The number of halogens is 1. The summed E-state index contributed by atoms with van der Waals surface area (Å²) in [5, 5.41) is 0. The van der Waals surface area contributed by atoms with E-state index in [0.717, 1.165) is 0 Å². The van der Waals surface area contributed by atoms with E-state index in [4.69, 9.17) is 0 Å². The van der Waals surface area contributed by atoms with Crippen LogP contribution in [0.5, 0.6) is 0 Å². The highest BCUT2D eigenvalue weighted by Crippen LogP contribution is 2.28. The van der Waals surface area contributed by atoms with Crippen molar-refractivity contribution < 1.29 is 14.4 Å². The van der Waals surface area contributed by atoms with E-state index in [1.165, 1.54) is 6.92 Å². The van der Waals surface area contributed by atoms with Gasteiger partial charge in [-0.25, -0.2) is 0 Å². The number of aldehydes is 2. The van der Waals surface area contributed by atoms with Crippen molar-refractivity contribution in [3.8, 4) is 0 Å². The van der Waals surface area contributed by atoms with E-state index >= 15 is 0 Å². The van der Waals surface area contributed by atoms with Gasteiger partial charge in [0.25, 0.3) is 0 Å². The van der Waals surface area contributed by atoms with Crippen LogP contribution in [0.3, 0.4) is 0 Å². The van der Waals surface area contributed by atoms with Gasteiger partial charge in [0.15, 0.2) is 0 Å². The van der Waals surface area contributed by atoms with E-state index in [2.05, 4.69) is 15.9 Å². The van der Waals surface area contributed by atoms with Gasteiger partial charge in [-0.1, -0.05) is 34.1 Å². The van der Waals surface area contributed by atoms with Crippen LogP contribution >= 0.6 is 15.9 Å². The second-order valence-corrected chi connectivity index (χ2v) is 3.97. The minimum Gasteiger partial charge on any atom is -0.298 e. The molecule has 0 heterocycles. The number of carbonyl (C=O) groups excluding carboxylic acids is 3. The number of Topliss-reactive ketones (excluding diaryl/α,β-unsaturated/α-hetero) is 1. The summed E-state index contributed by atoms with van der Waals surface area (Å²) in [4.78, 5) is 32.1. The van der Waals surface area contributed by atoms with Crippen LogP contribution < -0.4 is 0 Å². The molecule has 0 bridgehead atoms. The first-order valence-electron chi connectivity index (χ1n) is 4.29. The second-order valence-electron chi connectivity index (χ2n) is 3.06. The summed E-state index contributed by atoms with van der Waals surface area (Å²) in [5.41, 5.74) is 1.16. The van der Waals surface area contributed by atoms with Gasteiger partial charge >= 0.3 is 0 Å². The monoisotopic (exact) mass is 268 g/mol. The van der Waals surface area contributed by atoms with Crippen LogP contribution in [-0.4, -0.2) is 18.4 Å². The average Bonchev–Trinajstić information content (AvgIpc) is 2.26. The molecule has 1 aromatic carbocycles. The van der Waals surface area contributed by atoms with Crippen LogP contribution in [0.15, 0.2) is 18.2 Å². The highest BCUT2D eigenvalue weighted by molar-refractivity contribution is 9.09. The van der Waals surface area contributed by atoms with Gasteiger partial charge in [0.05, 0.1) is 4.83 Å². The number of hydrogen-bond acceptors (Lipinski definition) is 3. The van der Waals surface area contributed by atoms with Gasteiger partial charge in [-0.3, -0.25) is 14.4 Å². The average molecular weight is 269 g/mol. The zero-order chi connectivity index (χ0) is 11.4. The van der Waals surface area contributed by atoms with Crippen LogP contribution in [0.25, 0.3) is 0 Å². The summed E-state index contributed by atoms with van der Waals surface area (Å²) in [6.45, 7) is 1.40. The standard InChI is InChI=1S/C11H9BrO3/c1-7(15)11(12)10-8(5-13)3-2-4-9(10)6-14/h2-6,11H,1H3. The zero-order valence-electron chi connectivity index (χ0n) is 8.07. The summed E-state index contributed by atoms with van der Waals surface area (Å²) >= 11 is 3.17. The van der Waals surface area contributed by atoms with Gasteiger partial charge in [-0.05, 0) is 12.5 Å². The molecule has 3 nitrogen and oxygen atoms in total. The lowest BCUT2D eigenvalue weighted by atomic mass is 9.98. The molecule has 0 aliphatic rings. The summed E-state index contributed by atoms with van der Waals surface area (Å²) in [6.07, 6.45) is 1.28. The Morgan fingerprint density at radius 3 is 2.07 bits per heavy atom. The fourth-order valence-electron chi connectivity index (χ4n) is 1.30. The van der Waals surface area contributed by atoms with Crippen molar-refractivity contribution in [2.45, 2.75) is 11.8 Å². The van der Waals surface area contributed by atoms with Crippen molar-refractivity contribution in [3.63, 3.8) is 0 Å². The molecule has 1 rings (SSSR count). The van der Waals surface area contributed by atoms with Crippen molar-refractivity contribution in [1.82, 2.24) is 0 Å². The Morgan fingerprint density at radius 2 is 1.73 bits per heavy atom. The zero-order valence-corrected chi connectivity index (χ0v) is 9.65. The Balaban J connectivity index is 3.40. The van der Waals surface area contributed by atoms with Crippen molar-refractivity contribution >= 4 is 34.3 Å². The first-order chi connectivity index (χ1) is 7.11. The van der Waals surface area contributed by atoms with Gasteiger partial charge < -0.3 is 0 Å². The maximum Gasteiger partial charge on any atom is 0.150 e. The summed E-state index contributed by atoms with van der Waals surface area (Å²) in [7, 11) is 0. The van der Waals surface area contributed by atoms with Crippen LogP contribution in [0, 0.1) is 0 Å². The predicted molar refractivity (Wildman–Crippen MR) is 59.6 cm³/mol. The molecular formula is C11H9BrO3. The molecule has 0 aliphatic heterocycles. The van der Waals surface area contributed by atoms with E-state index in [-0.39, 0.29) is 5.78 Å². The third kappa shape index (κ3) is 2.39. The van der Waals surface area contributed by atoms with Crippen LogP contribution in [0.2, 0.25) is 0 Å². The maximum absolute atomic E-state index is 11.2. The van der Waals surface area contributed by atoms with Crippen LogP contribution in [0.1, 0.15) is 38.0 Å². The molecule has 1 aromatic rings. The Bertz CT molecular complexity index is 386. The van der Waals surface area contributed by atoms with E-state index in [1.54, 1.807) is 18.2 Å². The fourth-order valence-corrected chi connectivity index (χ4v) is 1.83. The topological polar surface area (TPSA) is 51.2 Å². The number of carbonyl (C=O) groups is 3. The molecule has 0 amide bonds. The lowest BCUT2D eigenvalue weighted by Gasteiger charge is -2.11. The molecule has 78 valence electrons. The first kappa shape index (κ1) is 11.8. The number of benzene rings is 1. The molecule has 1 atom stereocenters. The van der Waals surface area contributed by atoms with Crippen molar-refractivity contribution in [2.24, 2.45) is 0 Å². The molecule has 0 saturated carbocycles. The fraction of sp³-hybridized carbons (Fsp3) is 0.182. The SMILES string of the molecule is CC(=O)C(Br)c1c(C=O)cccc1C=O. The number of ketones is 1. The Labute approximate surface area is 95.6 Å². The number of alkyl halides is 1. The number of rotatable bonds is 4.